The number of hydrogen-bond acceptors (Lipinski definition) is 4. The zero-order valence-electron chi connectivity index (χ0n) is 10.9. The van der Waals surface area contributed by atoms with Crippen LogP contribution in [-0.2, 0) is 0 Å². The maximum Gasteiger partial charge on any atom is 0.273 e. The molecule has 1 aromatic heterocycles. The van der Waals surface area contributed by atoms with Crippen molar-refractivity contribution in [3.63, 3.8) is 0 Å². The summed E-state index contributed by atoms with van der Waals surface area (Å²) in [6, 6.07) is 2.88. The fourth-order valence-electron chi connectivity index (χ4n) is 1.82. The van der Waals surface area contributed by atoms with Crippen molar-refractivity contribution in [2.24, 2.45) is 11.7 Å². The molecule has 1 aliphatic carbocycles. The number of alkyl halides is 2. The van der Waals surface area contributed by atoms with Crippen LogP contribution in [0.2, 0.25) is 0 Å². The number of rotatable bonds is 7. The van der Waals surface area contributed by atoms with E-state index >= 15 is 0 Å². The van der Waals surface area contributed by atoms with Gasteiger partial charge >= 0.3 is 0 Å². The largest absolute Gasteiger partial charge is 0.485 e. The molecule has 2 rings (SSSR count). The van der Waals surface area contributed by atoms with E-state index in [1.165, 1.54) is 18.3 Å². The van der Waals surface area contributed by atoms with Crippen molar-refractivity contribution in [2.75, 3.05) is 13.2 Å². The molecule has 5 nitrogen and oxygen atoms in total. The van der Waals surface area contributed by atoms with Crippen LogP contribution in [0.1, 0.15) is 23.3 Å². The van der Waals surface area contributed by atoms with Crippen LogP contribution in [0.3, 0.4) is 0 Å². The summed E-state index contributed by atoms with van der Waals surface area (Å²) in [6.45, 7) is -0.429. The number of nitrogens with zero attached hydrogens (tertiary/aromatic N) is 1. The van der Waals surface area contributed by atoms with Crippen molar-refractivity contribution in [1.29, 1.82) is 0 Å². The minimum absolute atomic E-state index is 0.00357. The topological polar surface area (TPSA) is 77.2 Å². The highest BCUT2D eigenvalue weighted by Gasteiger charge is 2.28. The summed E-state index contributed by atoms with van der Waals surface area (Å²) in [5, 5.41) is 2.65. The van der Waals surface area contributed by atoms with E-state index in [2.05, 4.69) is 10.3 Å². The third kappa shape index (κ3) is 4.12. The number of nitrogens with one attached hydrogen (secondary N) is 1. The van der Waals surface area contributed by atoms with E-state index in [0.29, 0.717) is 12.5 Å². The summed E-state index contributed by atoms with van der Waals surface area (Å²) in [5.74, 6) is 0.0462. The number of carbonyl (C=O) groups is 1. The quantitative estimate of drug-likeness (QED) is 0.789. The second-order valence-corrected chi connectivity index (χ2v) is 4.76. The van der Waals surface area contributed by atoms with Gasteiger partial charge in [-0.1, -0.05) is 0 Å². The average Bonchev–Trinajstić information content (AvgIpc) is 3.27. The Kier molecular flexibility index (Phi) is 4.84. The Hall–Kier alpha value is -1.76. The van der Waals surface area contributed by atoms with Gasteiger partial charge in [0.25, 0.3) is 12.3 Å². The molecular weight excluding hydrogens is 268 g/mol. The van der Waals surface area contributed by atoms with Crippen molar-refractivity contribution >= 4 is 5.91 Å². The van der Waals surface area contributed by atoms with Gasteiger partial charge in [-0.05, 0) is 30.9 Å². The van der Waals surface area contributed by atoms with Crippen molar-refractivity contribution < 1.29 is 18.3 Å². The second-order valence-electron chi connectivity index (χ2n) is 4.76. The van der Waals surface area contributed by atoms with Crippen LogP contribution in [0.5, 0.6) is 5.75 Å². The van der Waals surface area contributed by atoms with Gasteiger partial charge in [0.15, 0.2) is 11.4 Å². The Morgan fingerprint density at radius 3 is 2.95 bits per heavy atom. The molecule has 0 saturated heterocycles. The molecule has 1 amide bonds. The third-order valence-electron chi connectivity index (χ3n) is 3.08. The van der Waals surface area contributed by atoms with E-state index in [4.69, 9.17) is 10.5 Å². The number of halogens is 2. The smallest absolute Gasteiger partial charge is 0.273 e. The predicted molar refractivity (Wildman–Crippen MR) is 68.8 cm³/mol. The first-order valence-electron chi connectivity index (χ1n) is 6.47. The lowest BCUT2D eigenvalue weighted by atomic mass is 10.2. The molecular formula is C13H17F2N3O2. The molecule has 110 valence electrons. The van der Waals surface area contributed by atoms with Gasteiger partial charge in [-0.3, -0.25) is 4.79 Å². The molecule has 1 fully saturated rings. The van der Waals surface area contributed by atoms with Gasteiger partial charge in [0.1, 0.15) is 6.61 Å². The Balaban J connectivity index is 1.93. The molecule has 1 atom stereocenters. The second kappa shape index (κ2) is 6.60. The molecule has 0 aliphatic heterocycles. The third-order valence-corrected chi connectivity index (χ3v) is 3.08. The number of amides is 1. The van der Waals surface area contributed by atoms with Gasteiger partial charge in [-0.15, -0.1) is 0 Å². The van der Waals surface area contributed by atoms with Gasteiger partial charge < -0.3 is 15.8 Å². The van der Waals surface area contributed by atoms with Crippen LogP contribution in [-0.4, -0.2) is 36.5 Å². The van der Waals surface area contributed by atoms with Gasteiger partial charge in [-0.2, -0.15) is 0 Å². The van der Waals surface area contributed by atoms with E-state index in [1.54, 1.807) is 0 Å². The SMILES string of the molecule is NC(CNC(=O)c1ncccc1OCC(F)F)C1CC1. The highest BCUT2D eigenvalue weighted by Crippen LogP contribution is 2.31. The zero-order chi connectivity index (χ0) is 14.5. The number of hydrogen-bond donors (Lipinski definition) is 2. The molecule has 0 bridgehead atoms. The van der Waals surface area contributed by atoms with E-state index in [0.717, 1.165) is 12.8 Å². The monoisotopic (exact) mass is 285 g/mol. The lowest BCUT2D eigenvalue weighted by molar-refractivity contribution is 0.0790. The molecule has 7 heteroatoms. The molecule has 0 radical (unpaired) electrons. The van der Waals surface area contributed by atoms with Crippen LogP contribution in [0.15, 0.2) is 18.3 Å². The number of nitrogens with two attached hydrogens (primary N) is 1. The lowest BCUT2D eigenvalue weighted by Crippen LogP contribution is -2.39. The first-order chi connectivity index (χ1) is 9.58. The van der Waals surface area contributed by atoms with Crippen molar-refractivity contribution in [1.82, 2.24) is 10.3 Å². The number of carbonyl (C=O) groups excluding carboxylic acids is 1. The van der Waals surface area contributed by atoms with Crippen LogP contribution < -0.4 is 15.8 Å². The van der Waals surface area contributed by atoms with Gasteiger partial charge in [0.2, 0.25) is 0 Å². The fourth-order valence-corrected chi connectivity index (χ4v) is 1.82. The van der Waals surface area contributed by atoms with E-state index in [9.17, 15) is 13.6 Å². The summed E-state index contributed by atoms with van der Waals surface area (Å²) in [6.07, 6.45) is 0.979. The highest BCUT2D eigenvalue weighted by molar-refractivity contribution is 5.94. The Labute approximate surface area is 115 Å². The molecule has 1 heterocycles. The molecule has 0 spiro atoms. The zero-order valence-corrected chi connectivity index (χ0v) is 10.9. The molecule has 1 aliphatic rings. The molecule has 0 aromatic carbocycles. The first-order valence-corrected chi connectivity index (χ1v) is 6.47. The highest BCUT2D eigenvalue weighted by atomic mass is 19.3. The molecule has 3 N–H and O–H groups in total. The van der Waals surface area contributed by atoms with E-state index in [1.807, 2.05) is 0 Å². The Bertz CT molecular complexity index is 467. The summed E-state index contributed by atoms with van der Waals surface area (Å²) in [4.78, 5) is 15.8. The summed E-state index contributed by atoms with van der Waals surface area (Å²) in [7, 11) is 0. The number of pyridine rings is 1. The lowest BCUT2D eigenvalue weighted by Gasteiger charge is -2.13. The molecule has 1 unspecified atom stereocenters. The number of aromatic nitrogens is 1. The average molecular weight is 285 g/mol. The van der Waals surface area contributed by atoms with Crippen LogP contribution in [0.4, 0.5) is 8.78 Å². The van der Waals surface area contributed by atoms with E-state index < -0.39 is 18.9 Å². The molecule has 1 saturated carbocycles. The number of ether oxygens (including phenoxy) is 1. The molecule has 20 heavy (non-hydrogen) atoms. The maximum atomic E-state index is 12.1. The predicted octanol–water partition coefficient (Wildman–Crippen LogP) is 1.19. The van der Waals surface area contributed by atoms with Crippen LogP contribution in [0.25, 0.3) is 0 Å². The summed E-state index contributed by atoms with van der Waals surface area (Å²) >= 11 is 0. The normalized spacial score (nSPS) is 16.0. The Morgan fingerprint density at radius 1 is 1.55 bits per heavy atom. The van der Waals surface area contributed by atoms with Gasteiger partial charge in [-0.25, -0.2) is 13.8 Å². The minimum Gasteiger partial charge on any atom is -0.485 e. The Morgan fingerprint density at radius 2 is 2.30 bits per heavy atom. The minimum atomic E-state index is -2.60. The summed E-state index contributed by atoms with van der Waals surface area (Å²) in [5.41, 5.74) is 5.87. The van der Waals surface area contributed by atoms with Crippen LogP contribution >= 0.6 is 0 Å². The standard InChI is InChI=1S/C13H17F2N3O2/c14-11(15)7-20-10-2-1-5-17-12(10)13(19)18-6-9(16)8-3-4-8/h1-2,5,8-9,11H,3-4,6-7,16H2,(H,18,19). The van der Waals surface area contributed by atoms with Gasteiger partial charge in [0.05, 0.1) is 0 Å². The maximum absolute atomic E-state index is 12.1. The fraction of sp³-hybridized carbons (Fsp3) is 0.538. The van der Waals surface area contributed by atoms with Crippen LogP contribution in [0, 0.1) is 5.92 Å². The molecule has 1 aromatic rings. The van der Waals surface area contributed by atoms with E-state index in [-0.39, 0.29) is 17.5 Å². The van der Waals surface area contributed by atoms with Crippen molar-refractivity contribution in [3.8, 4) is 5.75 Å². The van der Waals surface area contributed by atoms with Crippen molar-refractivity contribution in [3.05, 3.63) is 24.0 Å². The first kappa shape index (κ1) is 14.6. The van der Waals surface area contributed by atoms with Gasteiger partial charge in [0, 0.05) is 18.8 Å². The summed E-state index contributed by atoms with van der Waals surface area (Å²) < 4.78 is 29.2. The van der Waals surface area contributed by atoms with Crippen molar-refractivity contribution in [2.45, 2.75) is 25.3 Å².